The lowest BCUT2D eigenvalue weighted by Gasteiger charge is -2.12. The average Bonchev–Trinajstić information content (AvgIpc) is 2.34. The Hall–Kier alpha value is -1.26. The van der Waals surface area contributed by atoms with Crippen LogP contribution in [0, 0.1) is 0 Å². The van der Waals surface area contributed by atoms with Crippen molar-refractivity contribution in [1.82, 2.24) is 4.90 Å². The number of nitrogens with zero attached hydrogens (tertiary/aromatic N) is 1. The molecule has 0 aliphatic rings. The zero-order valence-electron chi connectivity index (χ0n) is 10.8. The predicted molar refractivity (Wildman–Crippen MR) is 72.8 cm³/mol. The third kappa shape index (κ3) is 4.20. The van der Waals surface area contributed by atoms with E-state index in [0.717, 1.165) is 5.56 Å². The minimum atomic E-state index is 0.101. The molecular weight excluding hydrogens is 252 g/mol. The van der Waals surface area contributed by atoms with Crippen molar-refractivity contribution in [1.29, 1.82) is 0 Å². The van der Waals surface area contributed by atoms with Crippen LogP contribution in [0.15, 0.2) is 18.2 Å². The van der Waals surface area contributed by atoms with Gasteiger partial charge in [-0.25, -0.2) is 0 Å². The van der Waals surface area contributed by atoms with Gasteiger partial charge in [-0.1, -0.05) is 17.7 Å². The van der Waals surface area contributed by atoms with Crippen LogP contribution < -0.4 is 10.5 Å². The fraction of sp³-hybridized carbons (Fsp3) is 0.462. The summed E-state index contributed by atoms with van der Waals surface area (Å²) in [6, 6.07) is 5.44. The molecule has 0 saturated heterocycles. The molecule has 1 rings (SSSR count). The van der Waals surface area contributed by atoms with Crippen LogP contribution >= 0.6 is 11.6 Å². The molecular formula is C13H19ClN2O2. The van der Waals surface area contributed by atoms with Crippen LogP contribution in [-0.4, -0.2) is 31.5 Å². The molecule has 5 heteroatoms. The molecule has 0 bridgehead atoms. The van der Waals surface area contributed by atoms with E-state index in [-0.39, 0.29) is 5.91 Å². The molecule has 18 heavy (non-hydrogen) atoms. The van der Waals surface area contributed by atoms with Crippen molar-refractivity contribution < 1.29 is 9.53 Å². The molecule has 0 aliphatic carbocycles. The third-order valence-corrected chi connectivity index (χ3v) is 2.93. The molecule has 0 heterocycles. The zero-order valence-corrected chi connectivity index (χ0v) is 11.5. The predicted octanol–water partition coefficient (Wildman–Crippen LogP) is 2.05. The standard InChI is InChI=1S/C13H19ClN2O2/c1-16(2)13(17)7-4-8-18-12-6-3-5-11(14)10(12)9-15/h3,5-6H,4,7-9,15H2,1-2H3. The minimum Gasteiger partial charge on any atom is -0.493 e. The number of carbonyl (C=O) groups excluding carboxylic acids is 1. The molecule has 0 aliphatic heterocycles. The van der Waals surface area contributed by atoms with Crippen molar-refractivity contribution in [2.24, 2.45) is 5.73 Å². The van der Waals surface area contributed by atoms with E-state index in [1.54, 1.807) is 25.1 Å². The highest BCUT2D eigenvalue weighted by Crippen LogP contribution is 2.25. The second-order valence-corrected chi connectivity index (χ2v) is 4.57. The average molecular weight is 271 g/mol. The first-order valence-electron chi connectivity index (χ1n) is 5.86. The second-order valence-electron chi connectivity index (χ2n) is 4.16. The number of hydrogen-bond acceptors (Lipinski definition) is 3. The summed E-state index contributed by atoms with van der Waals surface area (Å²) in [6.45, 7) is 0.818. The number of ether oxygens (including phenoxy) is 1. The molecule has 0 aromatic heterocycles. The molecule has 1 aromatic rings. The van der Waals surface area contributed by atoms with E-state index >= 15 is 0 Å². The molecule has 0 saturated carbocycles. The first kappa shape index (κ1) is 14.8. The molecule has 1 amide bonds. The zero-order chi connectivity index (χ0) is 13.5. The number of hydrogen-bond donors (Lipinski definition) is 1. The van der Waals surface area contributed by atoms with Crippen LogP contribution in [0.3, 0.4) is 0 Å². The number of carbonyl (C=O) groups is 1. The molecule has 0 unspecified atom stereocenters. The van der Waals surface area contributed by atoms with Gasteiger partial charge in [-0.3, -0.25) is 4.79 Å². The summed E-state index contributed by atoms with van der Waals surface area (Å²) in [4.78, 5) is 12.9. The van der Waals surface area contributed by atoms with Crippen LogP contribution in [0.4, 0.5) is 0 Å². The smallest absolute Gasteiger partial charge is 0.222 e. The molecule has 4 nitrogen and oxygen atoms in total. The Kier molecular flexibility index (Phi) is 5.95. The maximum absolute atomic E-state index is 11.4. The molecule has 0 atom stereocenters. The van der Waals surface area contributed by atoms with Gasteiger partial charge in [-0.2, -0.15) is 0 Å². The lowest BCUT2D eigenvalue weighted by Crippen LogP contribution is -2.21. The van der Waals surface area contributed by atoms with Crippen molar-refractivity contribution in [2.45, 2.75) is 19.4 Å². The van der Waals surface area contributed by atoms with E-state index in [9.17, 15) is 4.79 Å². The lowest BCUT2D eigenvalue weighted by atomic mass is 10.2. The fourth-order valence-corrected chi connectivity index (χ4v) is 1.74. The number of nitrogens with two attached hydrogens (primary N) is 1. The molecule has 0 radical (unpaired) electrons. The van der Waals surface area contributed by atoms with Gasteiger partial charge in [-0.15, -0.1) is 0 Å². The lowest BCUT2D eigenvalue weighted by molar-refractivity contribution is -0.128. The van der Waals surface area contributed by atoms with Gasteiger partial charge < -0.3 is 15.4 Å². The van der Waals surface area contributed by atoms with Crippen molar-refractivity contribution >= 4 is 17.5 Å². The van der Waals surface area contributed by atoms with E-state index in [0.29, 0.717) is 36.8 Å². The van der Waals surface area contributed by atoms with Crippen molar-refractivity contribution in [3.8, 4) is 5.75 Å². The van der Waals surface area contributed by atoms with Gasteiger partial charge in [0.2, 0.25) is 5.91 Å². The Morgan fingerprint density at radius 1 is 1.44 bits per heavy atom. The Morgan fingerprint density at radius 3 is 2.78 bits per heavy atom. The van der Waals surface area contributed by atoms with E-state index in [1.807, 2.05) is 12.1 Å². The highest BCUT2D eigenvalue weighted by atomic mass is 35.5. The van der Waals surface area contributed by atoms with Crippen LogP contribution in [0.2, 0.25) is 5.02 Å². The van der Waals surface area contributed by atoms with E-state index in [2.05, 4.69) is 0 Å². The molecule has 100 valence electrons. The monoisotopic (exact) mass is 270 g/mol. The largest absolute Gasteiger partial charge is 0.493 e. The maximum Gasteiger partial charge on any atom is 0.222 e. The summed E-state index contributed by atoms with van der Waals surface area (Å²) in [6.07, 6.45) is 1.15. The van der Waals surface area contributed by atoms with Gasteiger partial charge >= 0.3 is 0 Å². The number of rotatable bonds is 6. The van der Waals surface area contributed by atoms with Crippen LogP contribution in [0.1, 0.15) is 18.4 Å². The highest BCUT2D eigenvalue weighted by Gasteiger charge is 2.07. The van der Waals surface area contributed by atoms with E-state index < -0.39 is 0 Å². The topological polar surface area (TPSA) is 55.6 Å². The molecule has 0 fully saturated rings. The minimum absolute atomic E-state index is 0.101. The van der Waals surface area contributed by atoms with Crippen molar-refractivity contribution in [3.63, 3.8) is 0 Å². The first-order chi connectivity index (χ1) is 8.56. The Balaban J connectivity index is 2.45. The number of halogens is 1. The summed E-state index contributed by atoms with van der Waals surface area (Å²) in [5, 5.41) is 0.611. The van der Waals surface area contributed by atoms with Crippen molar-refractivity contribution in [2.75, 3.05) is 20.7 Å². The fourth-order valence-electron chi connectivity index (χ4n) is 1.50. The molecule has 1 aromatic carbocycles. The first-order valence-corrected chi connectivity index (χ1v) is 6.24. The van der Waals surface area contributed by atoms with Crippen LogP contribution in [-0.2, 0) is 11.3 Å². The summed E-state index contributed by atoms with van der Waals surface area (Å²) >= 11 is 6.01. The Morgan fingerprint density at radius 2 is 2.17 bits per heavy atom. The molecule has 2 N–H and O–H groups in total. The van der Waals surface area contributed by atoms with Gasteiger partial charge in [0.15, 0.2) is 0 Å². The van der Waals surface area contributed by atoms with Gasteiger partial charge in [0.1, 0.15) is 5.75 Å². The number of amides is 1. The summed E-state index contributed by atoms with van der Waals surface area (Å²) in [5.41, 5.74) is 6.42. The second kappa shape index (κ2) is 7.24. The third-order valence-electron chi connectivity index (χ3n) is 2.57. The SMILES string of the molecule is CN(C)C(=O)CCCOc1cccc(Cl)c1CN. The summed E-state index contributed by atoms with van der Waals surface area (Å²) in [5.74, 6) is 0.797. The maximum atomic E-state index is 11.4. The van der Waals surface area contributed by atoms with E-state index in [4.69, 9.17) is 22.1 Å². The van der Waals surface area contributed by atoms with E-state index in [1.165, 1.54) is 0 Å². The van der Waals surface area contributed by atoms with Gasteiger partial charge in [0.25, 0.3) is 0 Å². The van der Waals surface area contributed by atoms with Gasteiger partial charge in [-0.05, 0) is 18.6 Å². The normalized spacial score (nSPS) is 10.2. The number of benzene rings is 1. The molecule has 0 spiro atoms. The quantitative estimate of drug-likeness (QED) is 0.805. The van der Waals surface area contributed by atoms with Crippen molar-refractivity contribution in [3.05, 3.63) is 28.8 Å². The Bertz CT molecular complexity index is 408. The van der Waals surface area contributed by atoms with Gasteiger partial charge in [0.05, 0.1) is 6.61 Å². The van der Waals surface area contributed by atoms with Gasteiger partial charge in [0, 0.05) is 37.6 Å². The van der Waals surface area contributed by atoms with Crippen LogP contribution in [0.5, 0.6) is 5.75 Å². The summed E-state index contributed by atoms with van der Waals surface area (Å²) < 4.78 is 5.60. The summed E-state index contributed by atoms with van der Waals surface area (Å²) in [7, 11) is 3.49. The van der Waals surface area contributed by atoms with Crippen LogP contribution in [0.25, 0.3) is 0 Å². The Labute approximate surface area is 113 Å². The highest BCUT2D eigenvalue weighted by molar-refractivity contribution is 6.31.